The first-order valence-corrected chi connectivity index (χ1v) is 10.4. The van der Waals surface area contributed by atoms with Gasteiger partial charge < -0.3 is 4.57 Å². The number of fused-ring (bicyclic) bond motifs is 3. The number of rotatable bonds is 2. The molecule has 1 heterocycles. The number of benzene rings is 2. The van der Waals surface area contributed by atoms with E-state index in [1.807, 2.05) is 0 Å². The fraction of sp³-hybridized carbons (Fsp3) is 0.259. The Labute approximate surface area is 167 Å². The molecule has 0 spiro atoms. The average Bonchev–Trinajstić information content (AvgIpc) is 3.05. The van der Waals surface area contributed by atoms with Crippen LogP contribution in [0.5, 0.6) is 0 Å². The van der Waals surface area contributed by atoms with Crippen LogP contribution in [0.4, 0.5) is 0 Å². The van der Waals surface area contributed by atoms with Crippen molar-refractivity contribution in [1.82, 2.24) is 4.57 Å². The van der Waals surface area contributed by atoms with E-state index in [4.69, 9.17) is 0 Å². The van der Waals surface area contributed by atoms with Crippen LogP contribution in [0.1, 0.15) is 54.1 Å². The molecule has 1 aromatic heterocycles. The van der Waals surface area contributed by atoms with E-state index >= 15 is 0 Å². The molecule has 0 aliphatic heterocycles. The van der Waals surface area contributed by atoms with E-state index in [0.29, 0.717) is 0 Å². The molecule has 0 saturated heterocycles. The van der Waals surface area contributed by atoms with Crippen molar-refractivity contribution in [1.29, 1.82) is 0 Å². The van der Waals surface area contributed by atoms with Crippen LogP contribution in [0.15, 0.2) is 60.2 Å². The number of aryl methyl sites for hydroxylation is 3. The van der Waals surface area contributed by atoms with Gasteiger partial charge in [0.05, 0.1) is 5.52 Å². The average molecular weight is 366 g/mol. The molecule has 5 rings (SSSR count). The molecule has 0 atom stereocenters. The van der Waals surface area contributed by atoms with Crippen LogP contribution in [0.2, 0.25) is 0 Å². The molecule has 0 saturated carbocycles. The minimum absolute atomic E-state index is 1.10. The Bertz CT molecular complexity index is 1180. The molecule has 0 radical (unpaired) electrons. The summed E-state index contributed by atoms with van der Waals surface area (Å²) in [6.45, 7) is 6.72. The molecule has 3 aromatic rings. The van der Waals surface area contributed by atoms with Gasteiger partial charge in [-0.25, -0.2) is 0 Å². The lowest BCUT2D eigenvalue weighted by Crippen LogP contribution is -2.07. The Balaban J connectivity index is 1.73. The monoisotopic (exact) mass is 365 g/mol. The van der Waals surface area contributed by atoms with Crippen molar-refractivity contribution in [3.63, 3.8) is 0 Å². The third-order valence-corrected chi connectivity index (χ3v) is 6.35. The zero-order chi connectivity index (χ0) is 19.3. The van der Waals surface area contributed by atoms with Gasteiger partial charge >= 0.3 is 0 Å². The van der Waals surface area contributed by atoms with Crippen LogP contribution in [0.3, 0.4) is 0 Å². The van der Waals surface area contributed by atoms with Crippen molar-refractivity contribution in [3.8, 4) is 0 Å². The van der Waals surface area contributed by atoms with Gasteiger partial charge in [-0.3, -0.25) is 0 Å². The highest BCUT2D eigenvalue weighted by Gasteiger charge is 2.22. The first-order valence-electron chi connectivity index (χ1n) is 10.4. The third kappa shape index (κ3) is 2.69. The highest BCUT2D eigenvalue weighted by molar-refractivity contribution is 5.94. The van der Waals surface area contributed by atoms with E-state index < -0.39 is 0 Å². The van der Waals surface area contributed by atoms with Crippen molar-refractivity contribution in [2.75, 3.05) is 0 Å². The summed E-state index contributed by atoms with van der Waals surface area (Å²) in [6.07, 6.45) is 11.6. The molecular weight excluding hydrogens is 338 g/mol. The Morgan fingerprint density at radius 2 is 1.75 bits per heavy atom. The van der Waals surface area contributed by atoms with Crippen LogP contribution >= 0.6 is 0 Å². The Morgan fingerprint density at radius 3 is 2.64 bits per heavy atom. The lowest BCUT2D eigenvalue weighted by Gasteiger charge is -2.23. The number of nitrogens with zero attached hydrogens (tertiary/aromatic N) is 1. The molecule has 28 heavy (non-hydrogen) atoms. The standard InChI is InChI=1S/C27H27N/c1-18-12-13-19(2)24(16-18)25-17-21(15-14-20(25)3)28-26-10-6-4-8-22(26)23-9-5-7-11-27(23)28/h4,6-8,10-13,16-17H,5,9,14-15H2,1-3H3. The summed E-state index contributed by atoms with van der Waals surface area (Å²) >= 11 is 0. The fourth-order valence-corrected chi connectivity index (χ4v) is 4.82. The largest absolute Gasteiger partial charge is 0.313 e. The number of para-hydroxylation sites is 1. The van der Waals surface area contributed by atoms with Gasteiger partial charge in [0, 0.05) is 16.8 Å². The minimum Gasteiger partial charge on any atom is -0.313 e. The predicted octanol–water partition coefficient (Wildman–Crippen LogP) is 7.33. The molecule has 140 valence electrons. The molecule has 2 aromatic carbocycles. The summed E-state index contributed by atoms with van der Waals surface area (Å²) in [6, 6.07) is 15.7. The van der Waals surface area contributed by atoms with Crippen molar-refractivity contribution in [2.24, 2.45) is 0 Å². The zero-order valence-electron chi connectivity index (χ0n) is 17.0. The lowest BCUT2D eigenvalue weighted by atomic mass is 9.88. The van der Waals surface area contributed by atoms with Gasteiger partial charge in [0.25, 0.3) is 0 Å². The maximum Gasteiger partial charge on any atom is 0.0534 e. The van der Waals surface area contributed by atoms with Crippen LogP contribution < -0.4 is 0 Å². The quantitative estimate of drug-likeness (QED) is 0.448. The maximum absolute atomic E-state index is 2.53. The molecule has 0 N–H and O–H groups in total. The first-order chi connectivity index (χ1) is 13.6. The fourth-order valence-electron chi connectivity index (χ4n) is 4.82. The van der Waals surface area contributed by atoms with E-state index in [1.165, 1.54) is 55.7 Å². The van der Waals surface area contributed by atoms with Crippen molar-refractivity contribution < 1.29 is 0 Å². The highest BCUT2D eigenvalue weighted by Crippen LogP contribution is 2.39. The van der Waals surface area contributed by atoms with Crippen LogP contribution in [-0.4, -0.2) is 4.57 Å². The molecule has 0 unspecified atom stereocenters. The van der Waals surface area contributed by atoms with E-state index in [0.717, 1.165) is 25.7 Å². The Morgan fingerprint density at radius 1 is 0.893 bits per heavy atom. The van der Waals surface area contributed by atoms with Crippen LogP contribution in [-0.2, 0) is 6.42 Å². The normalized spacial score (nSPS) is 16.5. The van der Waals surface area contributed by atoms with Crippen LogP contribution in [0, 0.1) is 13.8 Å². The summed E-state index contributed by atoms with van der Waals surface area (Å²) in [5.74, 6) is 0. The number of hydrogen-bond acceptors (Lipinski definition) is 0. The molecule has 2 aliphatic carbocycles. The second kappa shape index (κ2) is 6.67. The summed E-state index contributed by atoms with van der Waals surface area (Å²) in [5.41, 5.74) is 12.7. The molecule has 1 heteroatoms. The van der Waals surface area contributed by atoms with E-state index in [-0.39, 0.29) is 0 Å². The van der Waals surface area contributed by atoms with E-state index in [1.54, 1.807) is 0 Å². The summed E-state index contributed by atoms with van der Waals surface area (Å²) < 4.78 is 2.53. The molecule has 0 bridgehead atoms. The van der Waals surface area contributed by atoms with E-state index in [2.05, 4.69) is 86.0 Å². The highest BCUT2D eigenvalue weighted by atomic mass is 15.0. The topological polar surface area (TPSA) is 4.93 Å². The summed E-state index contributed by atoms with van der Waals surface area (Å²) in [5, 5.41) is 1.42. The van der Waals surface area contributed by atoms with E-state index in [9.17, 15) is 0 Å². The third-order valence-electron chi connectivity index (χ3n) is 6.35. The Hall–Kier alpha value is -2.80. The maximum atomic E-state index is 2.53. The number of allylic oxidation sites excluding steroid dienone is 5. The lowest BCUT2D eigenvalue weighted by molar-refractivity contribution is 0.903. The van der Waals surface area contributed by atoms with Gasteiger partial charge in [-0.05, 0) is 86.9 Å². The summed E-state index contributed by atoms with van der Waals surface area (Å²) in [7, 11) is 0. The molecule has 1 nitrogen and oxygen atoms in total. The van der Waals surface area contributed by atoms with Crippen LogP contribution in [0.25, 0.3) is 28.2 Å². The zero-order valence-corrected chi connectivity index (χ0v) is 17.0. The van der Waals surface area contributed by atoms with Gasteiger partial charge in [-0.2, -0.15) is 0 Å². The van der Waals surface area contributed by atoms with Gasteiger partial charge in [0.15, 0.2) is 0 Å². The second-order valence-electron chi connectivity index (χ2n) is 8.31. The van der Waals surface area contributed by atoms with Gasteiger partial charge in [0.2, 0.25) is 0 Å². The van der Waals surface area contributed by atoms with Gasteiger partial charge in [-0.1, -0.05) is 53.6 Å². The predicted molar refractivity (Wildman–Crippen MR) is 121 cm³/mol. The minimum atomic E-state index is 1.10. The molecular formula is C27H27N. The smallest absolute Gasteiger partial charge is 0.0534 e. The van der Waals surface area contributed by atoms with Gasteiger partial charge in [0.1, 0.15) is 0 Å². The molecule has 0 fully saturated rings. The number of hydrogen-bond donors (Lipinski definition) is 0. The summed E-state index contributed by atoms with van der Waals surface area (Å²) in [4.78, 5) is 0. The molecule has 2 aliphatic rings. The molecule has 0 amide bonds. The Kier molecular flexibility index (Phi) is 4.12. The van der Waals surface area contributed by atoms with Gasteiger partial charge in [-0.15, -0.1) is 0 Å². The SMILES string of the molecule is CC1=C(c2cc(C)ccc2C)C=C(n2c3c(c4ccccc42)CCC=C3)CC1. The second-order valence-corrected chi connectivity index (χ2v) is 8.31. The van der Waals surface area contributed by atoms with Crippen molar-refractivity contribution >= 4 is 28.2 Å². The van der Waals surface area contributed by atoms with Crippen molar-refractivity contribution in [3.05, 3.63) is 88.1 Å². The number of aromatic nitrogens is 1. The first kappa shape index (κ1) is 17.3. The van der Waals surface area contributed by atoms with Crippen molar-refractivity contribution in [2.45, 2.75) is 46.5 Å².